The second kappa shape index (κ2) is 10.7. The Morgan fingerprint density at radius 1 is 1.00 bits per heavy atom. The highest BCUT2D eigenvalue weighted by molar-refractivity contribution is 5.77. The summed E-state index contributed by atoms with van der Waals surface area (Å²) >= 11 is 0. The molecular formula is C12H24O2. The largest absolute Gasteiger partial charge is 0.381 e. The molecule has 84 valence electrons. The zero-order chi connectivity index (χ0) is 10.6. The molecule has 2 heteroatoms. The van der Waals surface area contributed by atoms with E-state index in [9.17, 15) is 4.79 Å². The Labute approximate surface area is 88.0 Å². The third-order valence-electron chi connectivity index (χ3n) is 2.28. The molecule has 0 unspecified atom stereocenters. The van der Waals surface area contributed by atoms with Gasteiger partial charge in [0.1, 0.15) is 5.78 Å². The molecule has 0 aliphatic carbocycles. The molecule has 0 atom stereocenters. The van der Waals surface area contributed by atoms with Crippen LogP contribution in [0, 0.1) is 0 Å². The van der Waals surface area contributed by atoms with Crippen molar-refractivity contribution in [3.8, 4) is 0 Å². The van der Waals surface area contributed by atoms with Crippen LogP contribution in [0.15, 0.2) is 0 Å². The molecule has 0 saturated heterocycles. The second-order valence-electron chi connectivity index (χ2n) is 3.67. The maximum atomic E-state index is 10.9. The Morgan fingerprint density at radius 3 is 2.36 bits per heavy atom. The number of carbonyl (C=O) groups excluding carboxylic acids is 1. The van der Waals surface area contributed by atoms with Crippen LogP contribution < -0.4 is 0 Å². The molecule has 0 saturated carbocycles. The van der Waals surface area contributed by atoms with Crippen molar-refractivity contribution in [1.29, 1.82) is 0 Å². The van der Waals surface area contributed by atoms with Crippen LogP contribution in [0.2, 0.25) is 0 Å². The number of carbonyl (C=O) groups is 1. The zero-order valence-electron chi connectivity index (χ0n) is 9.68. The minimum absolute atomic E-state index is 0.347. The Balaban J connectivity index is 2.95. The molecule has 14 heavy (non-hydrogen) atoms. The molecule has 0 aliphatic heterocycles. The fourth-order valence-electron chi connectivity index (χ4n) is 1.28. The third-order valence-corrected chi connectivity index (χ3v) is 2.28. The Morgan fingerprint density at radius 2 is 1.71 bits per heavy atom. The van der Waals surface area contributed by atoms with Crippen LogP contribution in [0.3, 0.4) is 0 Å². The summed E-state index contributed by atoms with van der Waals surface area (Å²) in [6.45, 7) is 5.73. The standard InChI is InChI=1S/C12H24O2/c1-3-5-6-7-10-14-11-8-9-12(13)4-2/h3-11H2,1-2H3. The van der Waals surface area contributed by atoms with Gasteiger partial charge in [0.2, 0.25) is 0 Å². The normalized spacial score (nSPS) is 10.4. The fraction of sp³-hybridized carbons (Fsp3) is 0.917. The number of ether oxygens (including phenoxy) is 1. The van der Waals surface area contributed by atoms with Crippen molar-refractivity contribution in [3.63, 3.8) is 0 Å². The summed E-state index contributed by atoms with van der Waals surface area (Å²) in [4.78, 5) is 10.9. The van der Waals surface area contributed by atoms with E-state index in [0.29, 0.717) is 18.6 Å². The van der Waals surface area contributed by atoms with Crippen LogP contribution in [0.25, 0.3) is 0 Å². The van der Waals surface area contributed by atoms with Crippen LogP contribution in [-0.2, 0) is 9.53 Å². The maximum Gasteiger partial charge on any atom is 0.132 e. The minimum Gasteiger partial charge on any atom is -0.381 e. The van der Waals surface area contributed by atoms with E-state index in [1.807, 2.05) is 6.92 Å². The van der Waals surface area contributed by atoms with E-state index < -0.39 is 0 Å². The molecule has 0 aromatic carbocycles. The molecule has 0 fully saturated rings. The van der Waals surface area contributed by atoms with Gasteiger partial charge in [-0.25, -0.2) is 0 Å². The molecule has 0 aliphatic rings. The van der Waals surface area contributed by atoms with E-state index in [-0.39, 0.29) is 0 Å². The van der Waals surface area contributed by atoms with Gasteiger partial charge in [0.15, 0.2) is 0 Å². The summed E-state index contributed by atoms with van der Waals surface area (Å²) in [5.74, 6) is 0.347. The summed E-state index contributed by atoms with van der Waals surface area (Å²) in [5, 5.41) is 0. The van der Waals surface area contributed by atoms with Crippen LogP contribution in [0.5, 0.6) is 0 Å². The number of Topliss-reactive ketones (excluding diaryl/α,β-unsaturated/α-hetero) is 1. The van der Waals surface area contributed by atoms with Crippen molar-refractivity contribution in [2.45, 2.75) is 58.8 Å². The second-order valence-corrected chi connectivity index (χ2v) is 3.67. The first-order chi connectivity index (χ1) is 6.81. The fourth-order valence-corrected chi connectivity index (χ4v) is 1.28. The zero-order valence-corrected chi connectivity index (χ0v) is 9.68. The number of unbranched alkanes of at least 4 members (excludes halogenated alkanes) is 3. The summed E-state index contributed by atoms with van der Waals surface area (Å²) in [7, 11) is 0. The van der Waals surface area contributed by atoms with E-state index in [4.69, 9.17) is 4.74 Å². The molecule has 0 heterocycles. The highest BCUT2D eigenvalue weighted by atomic mass is 16.5. The lowest BCUT2D eigenvalue weighted by Crippen LogP contribution is -2.01. The Kier molecular flexibility index (Phi) is 10.4. The summed E-state index contributed by atoms with van der Waals surface area (Å²) < 4.78 is 5.42. The predicted molar refractivity (Wildman–Crippen MR) is 59.5 cm³/mol. The van der Waals surface area contributed by atoms with Gasteiger partial charge in [-0.1, -0.05) is 33.1 Å². The van der Waals surface area contributed by atoms with Gasteiger partial charge in [0.05, 0.1) is 0 Å². The molecule has 0 aromatic heterocycles. The average Bonchev–Trinajstić information content (AvgIpc) is 2.21. The predicted octanol–water partition coefficient (Wildman–Crippen LogP) is 3.34. The Bertz CT molecular complexity index is 132. The lowest BCUT2D eigenvalue weighted by atomic mass is 10.2. The first-order valence-corrected chi connectivity index (χ1v) is 5.90. The van der Waals surface area contributed by atoms with E-state index in [1.165, 1.54) is 19.3 Å². The molecule has 2 nitrogen and oxygen atoms in total. The van der Waals surface area contributed by atoms with Gasteiger partial charge in [-0.3, -0.25) is 4.79 Å². The van der Waals surface area contributed by atoms with Crippen LogP contribution in [-0.4, -0.2) is 19.0 Å². The quantitative estimate of drug-likeness (QED) is 0.505. The van der Waals surface area contributed by atoms with Crippen LogP contribution in [0.1, 0.15) is 58.8 Å². The molecule has 0 N–H and O–H groups in total. The van der Waals surface area contributed by atoms with E-state index >= 15 is 0 Å². The van der Waals surface area contributed by atoms with Crippen LogP contribution in [0.4, 0.5) is 0 Å². The minimum atomic E-state index is 0.347. The van der Waals surface area contributed by atoms with Gasteiger partial charge in [-0.2, -0.15) is 0 Å². The highest BCUT2D eigenvalue weighted by Gasteiger charge is 1.97. The smallest absolute Gasteiger partial charge is 0.132 e. The van der Waals surface area contributed by atoms with Crippen LogP contribution >= 0.6 is 0 Å². The number of ketones is 1. The lowest BCUT2D eigenvalue weighted by molar-refractivity contribution is -0.119. The number of hydrogen-bond donors (Lipinski definition) is 0. The van der Waals surface area contributed by atoms with Gasteiger partial charge < -0.3 is 4.74 Å². The van der Waals surface area contributed by atoms with E-state index in [2.05, 4.69) is 6.92 Å². The maximum absolute atomic E-state index is 10.9. The van der Waals surface area contributed by atoms with Crippen molar-refractivity contribution >= 4 is 5.78 Å². The monoisotopic (exact) mass is 200 g/mol. The van der Waals surface area contributed by atoms with Crippen molar-refractivity contribution in [1.82, 2.24) is 0 Å². The Hall–Kier alpha value is -0.370. The number of hydrogen-bond acceptors (Lipinski definition) is 2. The van der Waals surface area contributed by atoms with Gasteiger partial charge in [0.25, 0.3) is 0 Å². The molecule has 0 bridgehead atoms. The summed E-state index contributed by atoms with van der Waals surface area (Å²) in [6.07, 6.45) is 7.24. The van der Waals surface area contributed by atoms with Gasteiger partial charge in [-0.05, 0) is 12.8 Å². The molecule has 0 radical (unpaired) electrons. The van der Waals surface area contributed by atoms with E-state index in [0.717, 1.165) is 26.1 Å². The van der Waals surface area contributed by atoms with Gasteiger partial charge in [-0.15, -0.1) is 0 Å². The molecular weight excluding hydrogens is 176 g/mol. The van der Waals surface area contributed by atoms with Gasteiger partial charge >= 0.3 is 0 Å². The third kappa shape index (κ3) is 9.72. The average molecular weight is 200 g/mol. The van der Waals surface area contributed by atoms with Crippen molar-refractivity contribution in [3.05, 3.63) is 0 Å². The topological polar surface area (TPSA) is 26.3 Å². The molecule has 0 amide bonds. The number of rotatable bonds is 10. The first-order valence-electron chi connectivity index (χ1n) is 5.90. The van der Waals surface area contributed by atoms with Gasteiger partial charge in [0, 0.05) is 26.1 Å². The molecule has 0 rings (SSSR count). The first kappa shape index (κ1) is 13.6. The molecule has 0 aromatic rings. The van der Waals surface area contributed by atoms with Crippen molar-refractivity contribution in [2.75, 3.05) is 13.2 Å². The van der Waals surface area contributed by atoms with Crippen molar-refractivity contribution in [2.24, 2.45) is 0 Å². The summed E-state index contributed by atoms with van der Waals surface area (Å²) in [5.41, 5.74) is 0. The molecule has 0 spiro atoms. The summed E-state index contributed by atoms with van der Waals surface area (Å²) in [6, 6.07) is 0. The van der Waals surface area contributed by atoms with E-state index in [1.54, 1.807) is 0 Å². The van der Waals surface area contributed by atoms with Crippen molar-refractivity contribution < 1.29 is 9.53 Å². The lowest BCUT2D eigenvalue weighted by Gasteiger charge is -2.02. The SMILES string of the molecule is CCCCCCOCCCC(=O)CC. The highest BCUT2D eigenvalue weighted by Crippen LogP contribution is 2.00.